The van der Waals surface area contributed by atoms with Crippen molar-refractivity contribution in [3.8, 4) is 0 Å². The third-order valence-electron chi connectivity index (χ3n) is 3.37. The number of aliphatic hydroxyl groups is 1. The molecule has 5 heteroatoms. The summed E-state index contributed by atoms with van der Waals surface area (Å²) < 4.78 is 0. The van der Waals surface area contributed by atoms with Gasteiger partial charge in [-0.05, 0) is 25.3 Å². The number of nitrogens with zero attached hydrogens (tertiary/aromatic N) is 1. The monoisotopic (exact) mass is 254 g/mol. The molecule has 2 atom stereocenters. The summed E-state index contributed by atoms with van der Waals surface area (Å²) in [6.07, 6.45) is 0.443. The Balaban J connectivity index is 2.10. The van der Waals surface area contributed by atoms with Gasteiger partial charge < -0.3 is 15.7 Å². The minimum Gasteiger partial charge on any atom is -0.398 e. The molecule has 0 aliphatic carbocycles. The Labute approximate surface area is 105 Å². The van der Waals surface area contributed by atoms with Crippen molar-refractivity contribution >= 4 is 22.9 Å². The van der Waals surface area contributed by atoms with Crippen LogP contribution in [0.3, 0.4) is 0 Å². The van der Waals surface area contributed by atoms with Gasteiger partial charge in [-0.15, -0.1) is 11.3 Å². The molecule has 94 valence electrons. The van der Waals surface area contributed by atoms with Gasteiger partial charge in [0.1, 0.15) is 0 Å². The van der Waals surface area contributed by atoms with Gasteiger partial charge in [-0.1, -0.05) is 6.92 Å². The van der Waals surface area contributed by atoms with Gasteiger partial charge in [0, 0.05) is 23.7 Å². The summed E-state index contributed by atoms with van der Waals surface area (Å²) in [7, 11) is 0. The van der Waals surface area contributed by atoms with Crippen molar-refractivity contribution in [1.29, 1.82) is 0 Å². The summed E-state index contributed by atoms with van der Waals surface area (Å²) in [5.41, 5.74) is 6.42. The first-order valence-electron chi connectivity index (χ1n) is 5.82. The summed E-state index contributed by atoms with van der Waals surface area (Å²) in [4.78, 5) is 15.5. The number of aliphatic hydroxyl groups excluding tert-OH is 1. The number of hydrogen-bond acceptors (Lipinski definition) is 4. The summed E-state index contributed by atoms with van der Waals surface area (Å²) >= 11 is 1.42. The molecule has 2 rings (SSSR count). The van der Waals surface area contributed by atoms with Gasteiger partial charge in [0.25, 0.3) is 5.91 Å². The van der Waals surface area contributed by atoms with E-state index >= 15 is 0 Å². The summed E-state index contributed by atoms with van der Waals surface area (Å²) in [5, 5.41) is 9.79. The van der Waals surface area contributed by atoms with Crippen LogP contribution in [-0.4, -0.2) is 35.1 Å². The van der Waals surface area contributed by atoms with E-state index in [4.69, 9.17) is 5.73 Å². The highest BCUT2D eigenvalue weighted by molar-refractivity contribution is 7.14. The summed E-state index contributed by atoms with van der Waals surface area (Å²) in [6, 6.07) is 1.73. The summed E-state index contributed by atoms with van der Waals surface area (Å²) in [5.74, 6) is 0.259. The van der Waals surface area contributed by atoms with Crippen molar-refractivity contribution in [2.75, 3.05) is 18.8 Å². The largest absolute Gasteiger partial charge is 0.398 e. The minimum absolute atomic E-state index is 0.0132. The zero-order valence-electron chi connectivity index (χ0n) is 10.1. The van der Waals surface area contributed by atoms with Crippen molar-refractivity contribution in [1.82, 2.24) is 4.90 Å². The second kappa shape index (κ2) is 4.66. The van der Waals surface area contributed by atoms with E-state index in [1.165, 1.54) is 11.3 Å². The highest BCUT2D eigenvalue weighted by Crippen LogP contribution is 2.26. The molecule has 1 aromatic heterocycles. The van der Waals surface area contributed by atoms with Crippen LogP contribution < -0.4 is 5.73 Å². The summed E-state index contributed by atoms with van der Waals surface area (Å²) in [6.45, 7) is 5.06. The molecular formula is C12H18N2O2S. The molecular weight excluding hydrogens is 236 g/mol. The fraction of sp³-hybridized carbons (Fsp3) is 0.583. The van der Waals surface area contributed by atoms with E-state index in [0.29, 0.717) is 23.7 Å². The van der Waals surface area contributed by atoms with Gasteiger partial charge in [-0.2, -0.15) is 0 Å². The number of likely N-dealkylation sites (tertiary alicyclic amines) is 1. The third kappa shape index (κ3) is 2.45. The Morgan fingerprint density at radius 3 is 2.88 bits per heavy atom. The van der Waals surface area contributed by atoms with Gasteiger partial charge in [-0.25, -0.2) is 0 Å². The predicted molar refractivity (Wildman–Crippen MR) is 69.2 cm³/mol. The van der Waals surface area contributed by atoms with E-state index in [0.717, 1.165) is 11.3 Å². The van der Waals surface area contributed by atoms with Gasteiger partial charge in [0.05, 0.1) is 11.0 Å². The second-order valence-electron chi connectivity index (χ2n) is 4.71. The average molecular weight is 254 g/mol. The van der Waals surface area contributed by atoms with E-state index < -0.39 is 6.10 Å². The van der Waals surface area contributed by atoms with Crippen LogP contribution in [0, 0.1) is 12.8 Å². The molecule has 1 saturated heterocycles. The molecule has 0 aromatic carbocycles. The number of carbonyl (C=O) groups is 1. The third-order valence-corrected chi connectivity index (χ3v) is 4.43. The lowest BCUT2D eigenvalue weighted by Crippen LogP contribution is -2.45. The van der Waals surface area contributed by atoms with Gasteiger partial charge in [0.15, 0.2) is 0 Å². The van der Waals surface area contributed by atoms with Crippen LogP contribution >= 0.6 is 11.3 Å². The number of amides is 1. The number of rotatable bonds is 1. The lowest BCUT2D eigenvalue weighted by molar-refractivity contribution is 0.0251. The number of piperidine rings is 1. The van der Waals surface area contributed by atoms with E-state index in [1.54, 1.807) is 11.0 Å². The molecule has 0 radical (unpaired) electrons. The van der Waals surface area contributed by atoms with E-state index in [1.807, 2.05) is 13.8 Å². The van der Waals surface area contributed by atoms with E-state index in [9.17, 15) is 9.90 Å². The van der Waals surface area contributed by atoms with Crippen molar-refractivity contribution < 1.29 is 9.90 Å². The first kappa shape index (κ1) is 12.4. The molecule has 2 unspecified atom stereocenters. The average Bonchev–Trinajstić information content (AvgIpc) is 2.62. The maximum absolute atomic E-state index is 12.2. The van der Waals surface area contributed by atoms with Gasteiger partial charge in [0.2, 0.25) is 0 Å². The lowest BCUT2D eigenvalue weighted by atomic mass is 9.96. The Morgan fingerprint density at radius 2 is 2.35 bits per heavy atom. The molecule has 4 nitrogen and oxygen atoms in total. The Hall–Kier alpha value is -1.07. The van der Waals surface area contributed by atoms with E-state index in [-0.39, 0.29) is 11.8 Å². The SMILES string of the molecule is Cc1sc(C(=O)N2CCC(C)C(O)C2)cc1N. The molecule has 0 bridgehead atoms. The van der Waals surface area contributed by atoms with Gasteiger partial charge in [-0.3, -0.25) is 4.79 Å². The Kier molecular flexibility index (Phi) is 3.40. The molecule has 2 heterocycles. The second-order valence-corrected chi connectivity index (χ2v) is 5.96. The first-order chi connectivity index (χ1) is 7.99. The van der Waals surface area contributed by atoms with Crippen molar-refractivity contribution in [3.05, 3.63) is 15.8 Å². The maximum Gasteiger partial charge on any atom is 0.264 e. The quantitative estimate of drug-likeness (QED) is 0.797. The predicted octanol–water partition coefficient (Wildman–Crippen LogP) is 1.48. The van der Waals surface area contributed by atoms with Crippen molar-refractivity contribution in [2.24, 2.45) is 5.92 Å². The fourth-order valence-corrected chi connectivity index (χ4v) is 2.90. The van der Waals surface area contributed by atoms with Crippen molar-refractivity contribution in [3.63, 3.8) is 0 Å². The Bertz CT molecular complexity index is 411. The normalized spacial score (nSPS) is 25.0. The van der Waals surface area contributed by atoms with E-state index in [2.05, 4.69) is 0 Å². The number of carbonyl (C=O) groups excluding carboxylic acids is 1. The van der Waals surface area contributed by atoms with Crippen LogP contribution in [0.15, 0.2) is 6.07 Å². The number of nitrogen functional groups attached to an aromatic ring is 1. The first-order valence-corrected chi connectivity index (χ1v) is 6.64. The number of anilines is 1. The molecule has 0 saturated carbocycles. The van der Waals surface area contributed by atoms with Crippen molar-refractivity contribution in [2.45, 2.75) is 26.4 Å². The minimum atomic E-state index is -0.411. The zero-order valence-corrected chi connectivity index (χ0v) is 11.0. The molecule has 1 fully saturated rings. The van der Waals surface area contributed by atoms with Crippen LogP contribution in [-0.2, 0) is 0 Å². The molecule has 17 heavy (non-hydrogen) atoms. The van der Waals surface area contributed by atoms with Crippen LogP contribution in [0.4, 0.5) is 5.69 Å². The van der Waals surface area contributed by atoms with Crippen LogP contribution in [0.5, 0.6) is 0 Å². The number of thiophene rings is 1. The molecule has 1 aliphatic heterocycles. The molecule has 1 aliphatic rings. The smallest absolute Gasteiger partial charge is 0.264 e. The highest BCUT2D eigenvalue weighted by Gasteiger charge is 2.28. The van der Waals surface area contributed by atoms with Crippen LogP contribution in [0.2, 0.25) is 0 Å². The Morgan fingerprint density at radius 1 is 1.65 bits per heavy atom. The molecule has 1 amide bonds. The topological polar surface area (TPSA) is 66.6 Å². The fourth-order valence-electron chi connectivity index (χ4n) is 1.99. The number of nitrogens with two attached hydrogens (primary N) is 1. The standard InChI is InChI=1S/C12H18N2O2S/c1-7-3-4-14(6-10(7)15)12(16)11-5-9(13)8(2)17-11/h5,7,10,15H,3-4,6,13H2,1-2H3. The zero-order chi connectivity index (χ0) is 12.6. The van der Waals surface area contributed by atoms with Gasteiger partial charge >= 0.3 is 0 Å². The number of aryl methyl sites for hydroxylation is 1. The van der Waals surface area contributed by atoms with Crippen LogP contribution in [0.1, 0.15) is 27.9 Å². The van der Waals surface area contributed by atoms with Crippen LogP contribution in [0.25, 0.3) is 0 Å². The number of hydrogen-bond donors (Lipinski definition) is 2. The molecule has 1 aromatic rings. The number of β-amino-alcohol motifs (C(OH)–C–C–N with tert-alkyl or cyclic N) is 1. The maximum atomic E-state index is 12.2. The highest BCUT2D eigenvalue weighted by atomic mass is 32.1. The molecule has 0 spiro atoms. The molecule has 3 N–H and O–H groups in total. The lowest BCUT2D eigenvalue weighted by Gasteiger charge is -2.34.